The van der Waals surface area contributed by atoms with Crippen molar-refractivity contribution < 1.29 is 4.79 Å². The van der Waals surface area contributed by atoms with E-state index in [0.29, 0.717) is 6.54 Å². The Kier molecular flexibility index (Phi) is 3.64. The molecule has 0 aliphatic carbocycles. The van der Waals surface area contributed by atoms with Crippen LogP contribution in [-0.4, -0.2) is 27.3 Å². The summed E-state index contributed by atoms with van der Waals surface area (Å²) < 4.78 is 1.82. The number of hydrogen-bond acceptors (Lipinski definition) is 2. The van der Waals surface area contributed by atoms with Crippen LogP contribution >= 0.6 is 0 Å². The monoisotopic (exact) mass is 284 g/mol. The first-order valence-corrected chi connectivity index (χ1v) is 7.31. The maximum Gasteiger partial charge on any atom is 0.323 e. The highest BCUT2D eigenvalue weighted by Crippen LogP contribution is 2.20. The van der Waals surface area contributed by atoms with Gasteiger partial charge in [0, 0.05) is 25.2 Å². The molecule has 5 nitrogen and oxygen atoms in total. The minimum atomic E-state index is -0.0631. The van der Waals surface area contributed by atoms with Gasteiger partial charge in [0.1, 0.15) is 5.82 Å². The molecule has 0 bridgehead atoms. The molecule has 0 unspecified atom stereocenters. The number of rotatable bonds is 2. The van der Waals surface area contributed by atoms with Crippen molar-refractivity contribution in [2.45, 2.75) is 32.9 Å². The van der Waals surface area contributed by atoms with Gasteiger partial charge in [0.2, 0.25) is 0 Å². The van der Waals surface area contributed by atoms with Crippen LogP contribution in [0.4, 0.5) is 10.6 Å². The van der Waals surface area contributed by atoms with Crippen molar-refractivity contribution in [3.05, 3.63) is 47.7 Å². The Morgan fingerprint density at radius 2 is 2.00 bits per heavy atom. The number of hydrogen-bond donors (Lipinski definition) is 1. The van der Waals surface area contributed by atoms with Crippen molar-refractivity contribution in [3.63, 3.8) is 0 Å². The number of amides is 2. The molecule has 1 aromatic carbocycles. The number of carbonyl (C=O) groups excluding carboxylic acids is 1. The zero-order valence-electron chi connectivity index (χ0n) is 12.4. The first-order chi connectivity index (χ1) is 10.1. The van der Waals surface area contributed by atoms with E-state index in [1.54, 1.807) is 6.20 Å². The molecule has 21 heavy (non-hydrogen) atoms. The third-order valence-corrected chi connectivity index (χ3v) is 3.81. The van der Waals surface area contributed by atoms with Crippen LogP contribution in [0.5, 0.6) is 0 Å². The molecule has 2 aromatic rings. The number of benzene rings is 1. The summed E-state index contributed by atoms with van der Waals surface area (Å²) >= 11 is 0. The van der Waals surface area contributed by atoms with Crippen molar-refractivity contribution in [1.82, 2.24) is 14.7 Å². The fourth-order valence-electron chi connectivity index (χ4n) is 2.68. The Hall–Kier alpha value is -2.30. The van der Waals surface area contributed by atoms with E-state index >= 15 is 0 Å². The third kappa shape index (κ3) is 2.77. The van der Waals surface area contributed by atoms with Gasteiger partial charge in [0.05, 0.1) is 6.20 Å². The number of aromatic nitrogens is 2. The molecule has 1 aromatic heterocycles. The summed E-state index contributed by atoms with van der Waals surface area (Å²) in [4.78, 5) is 14.3. The van der Waals surface area contributed by atoms with E-state index in [-0.39, 0.29) is 12.1 Å². The SMILES string of the molecule is CC(C)n1nccc1NC(=O)N1CCc2ccccc2C1. The molecule has 0 atom stereocenters. The molecular formula is C16H20N4O. The van der Waals surface area contributed by atoms with E-state index in [0.717, 1.165) is 18.8 Å². The summed E-state index contributed by atoms with van der Waals surface area (Å²) in [6.45, 7) is 5.50. The van der Waals surface area contributed by atoms with Crippen LogP contribution in [0.1, 0.15) is 31.0 Å². The predicted octanol–water partition coefficient (Wildman–Crippen LogP) is 3.05. The molecule has 2 amide bonds. The fraction of sp³-hybridized carbons (Fsp3) is 0.375. The van der Waals surface area contributed by atoms with Crippen LogP contribution in [0.2, 0.25) is 0 Å². The van der Waals surface area contributed by atoms with Gasteiger partial charge in [-0.15, -0.1) is 0 Å². The first kappa shape index (κ1) is 13.7. The lowest BCUT2D eigenvalue weighted by Gasteiger charge is -2.29. The molecule has 0 fully saturated rings. The van der Waals surface area contributed by atoms with Crippen molar-refractivity contribution >= 4 is 11.8 Å². The lowest BCUT2D eigenvalue weighted by molar-refractivity contribution is 0.206. The van der Waals surface area contributed by atoms with Crippen LogP contribution in [0.25, 0.3) is 0 Å². The van der Waals surface area contributed by atoms with E-state index in [1.165, 1.54) is 11.1 Å². The summed E-state index contributed by atoms with van der Waals surface area (Å²) in [6, 6.07) is 10.3. The number of anilines is 1. The number of carbonyl (C=O) groups is 1. The number of urea groups is 1. The van der Waals surface area contributed by atoms with E-state index in [9.17, 15) is 4.79 Å². The van der Waals surface area contributed by atoms with Crippen molar-refractivity contribution in [1.29, 1.82) is 0 Å². The maximum absolute atomic E-state index is 12.4. The van der Waals surface area contributed by atoms with Gasteiger partial charge in [-0.05, 0) is 31.4 Å². The van der Waals surface area contributed by atoms with E-state index < -0.39 is 0 Å². The third-order valence-electron chi connectivity index (χ3n) is 3.81. The van der Waals surface area contributed by atoms with Crippen molar-refractivity contribution in [2.24, 2.45) is 0 Å². The van der Waals surface area contributed by atoms with E-state index in [2.05, 4.69) is 28.6 Å². The second kappa shape index (κ2) is 5.60. The number of fused-ring (bicyclic) bond motifs is 1. The Balaban J connectivity index is 1.71. The van der Waals surface area contributed by atoms with Gasteiger partial charge in [0.25, 0.3) is 0 Å². The average molecular weight is 284 g/mol. The second-order valence-corrected chi connectivity index (χ2v) is 5.63. The van der Waals surface area contributed by atoms with Gasteiger partial charge in [-0.3, -0.25) is 5.32 Å². The molecule has 1 N–H and O–H groups in total. The Morgan fingerprint density at radius 3 is 2.76 bits per heavy atom. The van der Waals surface area contributed by atoms with Gasteiger partial charge in [0.15, 0.2) is 0 Å². The molecule has 2 heterocycles. The molecule has 0 saturated carbocycles. The highest BCUT2D eigenvalue weighted by molar-refractivity contribution is 5.88. The lowest BCUT2D eigenvalue weighted by atomic mass is 10.0. The molecule has 0 spiro atoms. The molecule has 1 aliphatic heterocycles. The second-order valence-electron chi connectivity index (χ2n) is 5.63. The predicted molar refractivity (Wildman–Crippen MR) is 82.2 cm³/mol. The molecule has 1 aliphatic rings. The van der Waals surface area contributed by atoms with E-state index in [4.69, 9.17) is 0 Å². The highest BCUT2D eigenvalue weighted by atomic mass is 16.2. The first-order valence-electron chi connectivity index (χ1n) is 7.31. The molecule has 0 radical (unpaired) electrons. The number of nitrogens with one attached hydrogen (secondary N) is 1. The van der Waals surface area contributed by atoms with Crippen LogP contribution in [0.3, 0.4) is 0 Å². The number of nitrogens with zero attached hydrogens (tertiary/aromatic N) is 3. The average Bonchev–Trinajstić information content (AvgIpc) is 2.95. The molecule has 3 rings (SSSR count). The normalized spacial score (nSPS) is 14.1. The topological polar surface area (TPSA) is 50.2 Å². The van der Waals surface area contributed by atoms with Gasteiger partial charge in [-0.2, -0.15) is 5.10 Å². The van der Waals surface area contributed by atoms with Crippen LogP contribution in [0.15, 0.2) is 36.5 Å². The summed E-state index contributed by atoms with van der Waals surface area (Å²) in [6.07, 6.45) is 2.62. The van der Waals surface area contributed by atoms with Crippen LogP contribution < -0.4 is 5.32 Å². The van der Waals surface area contributed by atoms with Gasteiger partial charge >= 0.3 is 6.03 Å². The Labute approximate surface area is 124 Å². The molecule has 110 valence electrons. The Bertz CT molecular complexity index is 647. The molecule has 0 saturated heterocycles. The lowest BCUT2D eigenvalue weighted by Crippen LogP contribution is -2.39. The largest absolute Gasteiger partial charge is 0.323 e. The van der Waals surface area contributed by atoms with Gasteiger partial charge in [-0.25, -0.2) is 9.48 Å². The summed E-state index contributed by atoms with van der Waals surface area (Å²) in [5.41, 5.74) is 2.57. The van der Waals surface area contributed by atoms with Crippen LogP contribution in [0, 0.1) is 0 Å². The zero-order valence-corrected chi connectivity index (χ0v) is 12.4. The summed E-state index contributed by atoms with van der Waals surface area (Å²) in [5.74, 6) is 0.744. The standard InChI is InChI=1S/C16H20N4O/c1-12(2)20-15(7-9-17-20)18-16(21)19-10-8-13-5-3-4-6-14(13)11-19/h3-7,9,12H,8,10-11H2,1-2H3,(H,18,21). The molecule has 5 heteroatoms. The van der Waals surface area contributed by atoms with Crippen LogP contribution in [-0.2, 0) is 13.0 Å². The summed E-state index contributed by atoms with van der Waals surface area (Å²) in [5, 5.41) is 7.19. The Morgan fingerprint density at radius 1 is 1.24 bits per heavy atom. The highest BCUT2D eigenvalue weighted by Gasteiger charge is 2.21. The van der Waals surface area contributed by atoms with Crippen molar-refractivity contribution in [2.75, 3.05) is 11.9 Å². The van der Waals surface area contributed by atoms with Gasteiger partial charge < -0.3 is 4.90 Å². The quantitative estimate of drug-likeness (QED) is 0.921. The fourth-order valence-corrected chi connectivity index (χ4v) is 2.68. The smallest absolute Gasteiger partial charge is 0.320 e. The minimum absolute atomic E-state index is 0.0631. The maximum atomic E-state index is 12.4. The zero-order chi connectivity index (χ0) is 14.8. The van der Waals surface area contributed by atoms with E-state index in [1.807, 2.05) is 35.6 Å². The molecular weight excluding hydrogens is 264 g/mol. The minimum Gasteiger partial charge on any atom is -0.320 e. The summed E-state index contributed by atoms with van der Waals surface area (Å²) in [7, 11) is 0. The van der Waals surface area contributed by atoms with Gasteiger partial charge in [-0.1, -0.05) is 24.3 Å². The van der Waals surface area contributed by atoms with Crippen molar-refractivity contribution in [3.8, 4) is 0 Å².